The van der Waals surface area contributed by atoms with Gasteiger partial charge in [-0.1, -0.05) is 35.9 Å². The molecule has 7 heteroatoms. The van der Waals surface area contributed by atoms with Crippen LogP contribution in [0.25, 0.3) is 0 Å². The number of fused-ring (bicyclic) bond motifs is 3. The monoisotopic (exact) mass is 466 g/mol. The molecule has 3 atom stereocenters. The van der Waals surface area contributed by atoms with Crippen molar-refractivity contribution in [2.75, 3.05) is 17.1 Å². The van der Waals surface area contributed by atoms with Crippen LogP contribution >= 0.6 is 11.6 Å². The second-order valence-corrected chi connectivity index (χ2v) is 10.2. The molecule has 5 rings (SSSR count). The van der Waals surface area contributed by atoms with Crippen LogP contribution in [0.5, 0.6) is 5.75 Å². The van der Waals surface area contributed by atoms with Gasteiger partial charge in [-0.3, -0.25) is 4.72 Å². The molecule has 1 aliphatic heterocycles. The number of sulfonamides is 1. The van der Waals surface area contributed by atoms with Crippen LogP contribution in [0.4, 0.5) is 11.4 Å². The zero-order chi connectivity index (χ0) is 22.3. The standard InChI is InChI=1S/C25H23ClN2O3S/c1-31-19-11-5-16(6-12-19)25-22-4-2-3-21(22)23-15-20(13-14-24(23)27-25)32(29,30)28-18-9-7-17(26)8-10-18/h2-3,5-15,21-22,25,27-28H,4H2,1H3/t21-,22+,25+/m0/s1. The van der Waals surface area contributed by atoms with Gasteiger partial charge in [-0.15, -0.1) is 0 Å². The molecule has 5 nitrogen and oxygen atoms in total. The van der Waals surface area contributed by atoms with Crippen molar-refractivity contribution in [2.45, 2.75) is 23.3 Å². The van der Waals surface area contributed by atoms with Gasteiger partial charge in [-0.2, -0.15) is 0 Å². The van der Waals surface area contributed by atoms with E-state index >= 15 is 0 Å². The quantitative estimate of drug-likeness (QED) is 0.454. The lowest BCUT2D eigenvalue weighted by atomic mass is 9.77. The first-order valence-electron chi connectivity index (χ1n) is 10.4. The molecule has 0 amide bonds. The fourth-order valence-corrected chi connectivity index (χ4v) is 5.83. The normalized spacial score (nSPS) is 21.4. The minimum Gasteiger partial charge on any atom is -0.497 e. The molecule has 0 saturated carbocycles. The summed E-state index contributed by atoms with van der Waals surface area (Å²) < 4.78 is 34.0. The summed E-state index contributed by atoms with van der Waals surface area (Å²) in [7, 11) is -2.06. The number of anilines is 2. The summed E-state index contributed by atoms with van der Waals surface area (Å²) in [4.78, 5) is 0.245. The van der Waals surface area contributed by atoms with E-state index in [-0.39, 0.29) is 16.9 Å². The fraction of sp³-hybridized carbons (Fsp3) is 0.200. The molecule has 0 fully saturated rings. The Hall–Kier alpha value is -2.96. The van der Waals surface area contributed by atoms with E-state index in [1.807, 2.05) is 18.2 Å². The summed E-state index contributed by atoms with van der Waals surface area (Å²) in [5, 5.41) is 4.20. The highest BCUT2D eigenvalue weighted by Crippen LogP contribution is 2.50. The number of methoxy groups -OCH3 is 1. The van der Waals surface area contributed by atoms with Gasteiger partial charge < -0.3 is 10.1 Å². The maximum Gasteiger partial charge on any atom is 0.261 e. The van der Waals surface area contributed by atoms with Crippen LogP contribution in [0.2, 0.25) is 5.02 Å². The third-order valence-corrected chi connectivity index (χ3v) is 7.85. The van der Waals surface area contributed by atoms with E-state index in [0.29, 0.717) is 16.6 Å². The molecule has 2 N–H and O–H groups in total. The minimum atomic E-state index is -3.72. The Labute approximate surface area is 193 Å². The summed E-state index contributed by atoms with van der Waals surface area (Å²) in [5.41, 5.74) is 3.64. The number of benzene rings is 3. The van der Waals surface area contributed by atoms with Gasteiger partial charge in [0.15, 0.2) is 0 Å². The van der Waals surface area contributed by atoms with Crippen molar-refractivity contribution in [1.82, 2.24) is 0 Å². The van der Waals surface area contributed by atoms with Gasteiger partial charge in [0.25, 0.3) is 10.0 Å². The molecule has 0 bridgehead atoms. The smallest absolute Gasteiger partial charge is 0.261 e. The average molecular weight is 467 g/mol. The van der Waals surface area contributed by atoms with E-state index in [4.69, 9.17) is 16.3 Å². The Balaban J connectivity index is 1.46. The molecule has 0 unspecified atom stereocenters. The van der Waals surface area contributed by atoms with Gasteiger partial charge in [0.05, 0.1) is 18.0 Å². The van der Waals surface area contributed by atoms with E-state index in [9.17, 15) is 8.42 Å². The Morgan fingerprint density at radius 3 is 2.50 bits per heavy atom. The van der Waals surface area contributed by atoms with E-state index < -0.39 is 10.0 Å². The molecule has 1 aliphatic carbocycles. The molecule has 0 radical (unpaired) electrons. The van der Waals surface area contributed by atoms with Crippen LogP contribution in [-0.2, 0) is 10.0 Å². The number of allylic oxidation sites excluding steroid dienone is 2. The van der Waals surface area contributed by atoms with Gasteiger partial charge >= 0.3 is 0 Å². The maximum atomic E-state index is 13.0. The fourth-order valence-electron chi connectivity index (χ4n) is 4.61. The van der Waals surface area contributed by atoms with Crippen molar-refractivity contribution in [1.29, 1.82) is 0 Å². The van der Waals surface area contributed by atoms with Gasteiger partial charge in [0.2, 0.25) is 0 Å². The summed E-state index contributed by atoms with van der Waals surface area (Å²) in [6, 6.07) is 20.2. The largest absolute Gasteiger partial charge is 0.497 e. The molecule has 3 aromatic rings. The first-order chi connectivity index (χ1) is 15.4. The average Bonchev–Trinajstić information content (AvgIpc) is 3.30. The molecule has 0 aromatic heterocycles. The summed E-state index contributed by atoms with van der Waals surface area (Å²) >= 11 is 5.91. The lowest BCUT2D eigenvalue weighted by Crippen LogP contribution is -2.29. The summed E-state index contributed by atoms with van der Waals surface area (Å²) in [6.45, 7) is 0. The van der Waals surface area contributed by atoms with E-state index in [1.165, 1.54) is 5.56 Å². The lowest BCUT2D eigenvalue weighted by Gasteiger charge is -2.37. The van der Waals surface area contributed by atoms with Crippen molar-refractivity contribution in [3.8, 4) is 5.75 Å². The predicted molar refractivity (Wildman–Crippen MR) is 128 cm³/mol. The zero-order valence-corrected chi connectivity index (χ0v) is 19.0. The van der Waals surface area contributed by atoms with E-state index in [1.54, 1.807) is 43.5 Å². The van der Waals surface area contributed by atoms with Crippen molar-refractivity contribution < 1.29 is 13.2 Å². The third-order valence-electron chi connectivity index (χ3n) is 6.22. The first kappa shape index (κ1) is 20.9. The molecule has 0 spiro atoms. The lowest BCUT2D eigenvalue weighted by molar-refractivity contribution is 0.411. The molecule has 3 aromatic carbocycles. The molecule has 2 aliphatic rings. The van der Waals surface area contributed by atoms with Crippen LogP contribution in [-0.4, -0.2) is 15.5 Å². The molecule has 164 valence electrons. The Morgan fingerprint density at radius 1 is 1.03 bits per heavy atom. The van der Waals surface area contributed by atoms with Crippen LogP contribution in [0.1, 0.15) is 29.5 Å². The number of hydrogen-bond acceptors (Lipinski definition) is 4. The van der Waals surface area contributed by atoms with Gasteiger partial charge in [0, 0.05) is 22.3 Å². The highest BCUT2D eigenvalue weighted by atomic mass is 35.5. The molecule has 0 saturated heterocycles. The number of rotatable bonds is 5. The number of nitrogens with one attached hydrogen (secondary N) is 2. The number of hydrogen-bond donors (Lipinski definition) is 2. The molecular formula is C25H23ClN2O3S. The van der Waals surface area contributed by atoms with Gasteiger partial charge in [-0.05, 0) is 78.1 Å². The Morgan fingerprint density at radius 2 is 1.78 bits per heavy atom. The van der Waals surface area contributed by atoms with Crippen molar-refractivity contribution in [3.63, 3.8) is 0 Å². The topological polar surface area (TPSA) is 67.4 Å². The summed E-state index contributed by atoms with van der Waals surface area (Å²) in [5.74, 6) is 1.30. The molecule has 1 heterocycles. The molecule has 32 heavy (non-hydrogen) atoms. The van der Waals surface area contributed by atoms with Crippen LogP contribution in [0, 0.1) is 5.92 Å². The van der Waals surface area contributed by atoms with Crippen molar-refractivity contribution in [2.24, 2.45) is 5.92 Å². The van der Waals surface area contributed by atoms with Crippen LogP contribution < -0.4 is 14.8 Å². The Bertz CT molecular complexity index is 1270. The Kier molecular flexibility index (Phi) is 5.35. The van der Waals surface area contributed by atoms with E-state index in [0.717, 1.165) is 23.4 Å². The van der Waals surface area contributed by atoms with Crippen LogP contribution in [0.3, 0.4) is 0 Å². The van der Waals surface area contributed by atoms with Crippen molar-refractivity contribution >= 4 is 33.0 Å². The van der Waals surface area contributed by atoms with Crippen molar-refractivity contribution in [3.05, 3.63) is 95.0 Å². The highest BCUT2D eigenvalue weighted by Gasteiger charge is 2.38. The third kappa shape index (κ3) is 3.85. The first-order valence-corrected chi connectivity index (χ1v) is 12.3. The second-order valence-electron chi connectivity index (χ2n) is 8.11. The van der Waals surface area contributed by atoms with E-state index in [2.05, 4.69) is 34.3 Å². The predicted octanol–water partition coefficient (Wildman–Crippen LogP) is 5.98. The van der Waals surface area contributed by atoms with Gasteiger partial charge in [0.1, 0.15) is 5.75 Å². The minimum absolute atomic E-state index is 0.142. The van der Waals surface area contributed by atoms with Gasteiger partial charge in [-0.25, -0.2) is 8.42 Å². The molecular weight excluding hydrogens is 444 g/mol. The highest BCUT2D eigenvalue weighted by molar-refractivity contribution is 7.92. The second kappa shape index (κ2) is 8.19. The van der Waals surface area contributed by atoms with Crippen LogP contribution in [0.15, 0.2) is 83.8 Å². The maximum absolute atomic E-state index is 13.0. The number of ether oxygens (including phenoxy) is 1. The SMILES string of the molecule is COc1ccc([C@H]2Nc3ccc(S(=O)(=O)Nc4ccc(Cl)cc4)cc3[C@H]3C=CC[C@H]32)cc1. The summed E-state index contributed by atoms with van der Waals surface area (Å²) in [6.07, 6.45) is 5.33. The zero-order valence-electron chi connectivity index (χ0n) is 17.5. The number of halogens is 1.